The van der Waals surface area contributed by atoms with Gasteiger partial charge in [0.1, 0.15) is 5.75 Å². The lowest BCUT2D eigenvalue weighted by Gasteiger charge is -2.35. The van der Waals surface area contributed by atoms with E-state index in [-0.39, 0.29) is 36.6 Å². The van der Waals surface area contributed by atoms with Crippen molar-refractivity contribution in [1.82, 2.24) is 15.2 Å². The predicted octanol–water partition coefficient (Wildman–Crippen LogP) is 4.58. The molecule has 1 saturated heterocycles. The molecule has 0 saturated carbocycles. The summed E-state index contributed by atoms with van der Waals surface area (Å²) in [5.41, 5.74) is 1.89. The topological polar surface area (TPSA) is 37.4 Å². The fourth-order valence-electron chi connectivity index (χ4n) is 2.98. The molecular weight excluding hydrogens is 470 g/mol. The summed E-state index contributed by atoms with van der Waals surface area (Å²) in [5, 5.41) is 3.31. The predicted molar refractivity (Wildman–Crippen MR) is 106 cm³/mol. The molecule has 0 radical (unpaired) electrons. The number of aromatic nitrogens is 1. The van der Waals surface area contributed by atoms with Crippen molar-refractivity contribution in [2.24, 2.45) is 0 Å². The summed E-state index contributed by atoms with van der Waals surface area (Å²) in [5.74, 6) is -0.220. The van der Waals surface area contributed by atoms with Crippen molar-refractivity contribution in [1.29, 1.82) is 0 Å². The number of hydrogen-bond acceptors (Lipinski definition) is 4. The molecule has 10 heteroatoms. The van der Waals surface area contributed by atoms with E-state index in [1.54, 1.807) is 24.5 Å². The minimum atomic E-state index is -4.69. The van der Waals surface area contributed by atoms with E-state index in [1.165, 1.54) is 12.1 Å². The molecule has 0 unspecified atom stereocenters. The smallest absolute Gasteiger partial charge is 0.406 e. The number of halogens is 6. The molecule has 1 aromatic carbocycles. The first-order chi connectivity index (χ1) is 11.9. The minimum Gasteiger partial charge on any atom is -0.406 e. The lowest BCUT2D eigenvalue weighted by atomic mass is 9.97. The van der Waals surface area contributed by atoms with Crippen LogP contribution in [0.4, 0.5) is 13.2 Å². The first kappa shape index (κ1) is 24.0. The molecule has 1 atom stereocenters. The van der Waals surface area contributed by atoms with Crippen LogP contribution in [-0.2, 0) is 0 Å². The van der Waals surface area contributed by atoms with Crippen molar-refractivity contribution < 1.29 is 17.9 Å². The average Bonchev–Trinajstić information content (AvgIpc) is 2.56. The van der Waals surface area contributed by atoms with E-state index in [0.717, 1.165) is 41.8 Å². The molecule has 27 heavy (non-hydrogen) atoms. The Labute approximate surface area is 176 Å². The third-order valence-electron chi connectivity index (χ3n) is 3.99. The molecule has 150 valence electrons. The number of hydrogen-bond donors (Lipinski definition) is 1. The minimum absolute atomic E-state index is 0. The first-order valence-electron chi connectivity index (χ1n) is 7.83. The monoisotopic (exact) mass is 487 g/mol. The third-order valence-corrected chi connectivity index (χ3v) is 4.42. The van der Waals surface area contributed by atoms with E-state index in [0.29, 0.717) is 0 Å². The summed E-state index contributed by atoms with van der Waals surface area (Å²) in [4.78, 5) is 6.52. The van der Waals surface area contributed by atoms with Crippen molar-refractivity contribution in [2.75, 3.05) is 26.2 Å². The molecule has 3 rings (SSSR count). The van der Waals surface area contributed by atoms with Gasteiger partial charge in [0.15, 0.2) is 0 Å². The Morgan fingerprint density at radius 2 is 1.67 bits per heavy atom. The molecule has 1 fully saturated rings. The Morgan fingerprint density at radius 3 is 2.22 bits per heavy atom. The van der Waals surface area contributed by atoms with Crippen molar-refractivity contribution in [3.63, 3.8) is 0 Å². The zero-order chi connectivity index (χ0) is 17.9. The van der Waals surface area contributed by atoms with E-state index in [2.05, 4.69) is 35.9 Å². The van der Waals surface area contributed by atoms with Gasteiger partial charge in [0.25, 0.3) is 0 Å². The molecule has 1 aliphatic heterocycles. The first-order valence-corrected chi connectivity index (χ1v) is 8.62. The molecule has 4 nitrogen and oxygen atoms in total. The van der Waals surface area contributed by atoms with Gasteiger partial charge in [-0.2, -0.15) is 0 Å². The van der Waals surface area contributed by atoms with E-state index in [1.807, 2.05) is 6.07 Å². The van der Waals surface area contributed by atoms with Crippen molar-refractivity contribution in [3.05, 3.63) is 58.3 Å². The zero-order valence-corrected chi connectivity index (χ0v) is 17.3. The SMILES string of the molecule is Cl.Cl.FC(F)(F)Oc1ccc([C@H](c2cncc(Br)c2)N2CCNCC2)cc1. The molecule has 1 aromatic heterocycles. The highest BCUT2D eigenvalue weighted by Crippen LogP contribution is 2.32. The highest BCUT2D eigenvalue weighted by molar-refractivity contribution is 9.10. The summed E-state index contributed by atoms with van der Waals surface area (Å²) in [7, 11) is 0. The van der Waals surface area contributed by atoms with Gasteiger partial charge in [-0.3, -0.25) is 9.88 Å². The lowest BCUT2D eigenvalue weighted by Crippen LogP contribution is -2.45. The van der Waals surface area contributed by atoms with Crippen LogP contribution in [-0.4, -0.2) is 42.4 Å². The molecule has 1 aliphatic rings. The van der Waals surface area contributed by atoms with E-state index < -0.39 is 6.36 Å². The van der Waals surface area contributed by atoms with Crippen molar-refractivity contribution in [2.45, 2.75) is 12.4 Å². The normalized spacial score (nSPS) is 16.0. The molecule has 0 bridgehead atoms. The molecular formula is C17H19BrCl2F3N3O. The van der Waals surface area contributed by atoms with Gasteiger partial charge in [0.2, 0.25) is 0 Å². The van der Waals surface area contributed by atoms with E-state index in [4.69, 9.17) is 0 Å². The zero-order valence-electron chi connectivity index (χ0n) is 14.1. The number of pyridine rings is 1. The number of rotatable bonds is 4. The molecule has 2 aromatic rings. The summed E-state index contributed by atoms with van der Waals surface area (Å²) in [6.45, 7) is 3.43. The van der Waals surface area contributed by atoms with Crippen LogP contribution in [0.3, 0.4) is 0 Å². The van der Waals surface area contributed by atoms with Crippen molar-refractivity contribution in [3.8, 4) is 5.75 Å². The average molecular weight is 489 g/mol. The van der Waals surface area contributed by atoms with Crippen LogP contribution in [0.2, 0.25) is 0 Å². The van der Waals surface area contributed by atoms with Crippen LogP contribution in [0.15, 0.2) is 47.2 Å². The van der Waals surface area contributed by atoms with Gasteiger partial charge in [-0.25, -0.2) is 0 Å². The van der Waals surface area contributed by atoms with Crippen LogP contribution in [0, 0.1) is 0 Å². The number of ether oxygens (including phenoxy) is 1. The van der Waals surface area contributed by atoms with Crippen LogP contribution >= 0.6 is 40.7 Å². The highest BCUT2D eigenvalue weighted by atomic mass is 79.9. The fraction of sp³-hybridized carbons (Fsp3) is 0.353. The summed E-state index contributed by atoms with van der Waals surface area (Å²) in [6.07, 6.45) is -1.19. The standard InChI is InChI=1S/C17H17BrF3N3O.2ClH/c18-14-9-13(10-23-11-14)16(24-7-5-22-6-8-24)12-1-3-15(4-2-12)25-17(19,20)21;;/h1-4,9-11,16,22H,5-8H2;2*1H/t16-;;/m1../s1. The van der Waals surface area contributed by atoms with E-state index >= 15 is 0 Å². The molecule has 1 N–H and O–H groups in total. The molecule has 0 amide bonds. The van der Waals surface area contributed by atoms with Gasteiger partial charge in [-0.1, -0.05) is 12.1 Å². The molecule has 0 spiro atoms. The lowest BCUT2D eigenvalue weighted by molar-refractivity contribution is -0.274. The number of piperazine rings is 1. The Bertz CT molecular complexity index is 713. The van der Waals surface area contributed by atoms with Gasteiger partial charge in [-0.05, 0) is 45.3 Å². The van der Waals surface area contributed by atoms with Gasteiger partial charge in [0, 0.05) is 43.0 Å². The summed E-state index contributed by atoms with van der Waals surface area (Å²) >= 11 is 3.43. The maximum Gasteiger partial charge on any atom is 0.573 e. The largest absolute Gasteiger partial charge is 0.573 e. The molecule has 0 aliphatic carbocycles. The second-order valence-electron chi connectivity index (χ2n) is 5.74. The quantitative estimate of drug-likeness (QED) is 0.683. The number of benzene rings is 1. The number of alkyl halides is 3. The summed E-state index contributed by atoms with van der Waals surface area (Å²) < 4.78 is 41.9. The Balaban J connectivity index is 0.00000182. The van der Waals surface area contributed by atoms with E-state index in [9.17, 15) is 13.2 Å². The third kappa shape index (κ3) is 6.80. The van der Waals surface area contributed by atoms with Gasteiger partial charge < -0.3 is 10.1 Å². The van der Waals surface area contributed by atoms with Crippen LogP contribution in [0.25, 0.3) is 0 Å². The van der Waals surface area contributed by atoms with Crippen LogP contribution in [0.1, 0.15) is 17.2 Å². The summed E-state index contributed by atoms with van der Waals surface area (Å²) in [6, 6.07) is 7.96. The van der Waals surface area contributed by atoms with Gasteiger partial charge in [-0.15, -0.1) is 38.0 Å². The van der Waals surface area contributed by atoms with Crippen molar-refractivity contribution >= 4 is 40.7 Å². The Kier molecular flexibility index (Phi) is 9.30. The number of nitrogens with one attached hydrogen (secondary N) is 1. The highest BCUT2D eigenvalue weighted by Gasteiger charge is 2.31. The maximum absolute atomic E-state index is 12.3. The van der Waals surface area contributed by atoms with Crippen LogP contribution < -0.4 is 10.1 Å². The maximum atomic E-state index is 12.3. The fourth-order valence-corrected chi connectivity index (χ4v) is 3.37. The van der Waals surface area contributed by atoms with Gasteiger partial charge in [0.05, 0.1) is 6.04 Å². The second kappa shape index (κ2) is 10.5. The molecule has 2 heterocycles. The number of nitrogens with zero attached hydrogens (tertiary/aromatic N) is 2. The van der Waals surface area contributed by atoms with Crippen LogP contribution in [0.5, 0.6) is 5.75 Å². The Hall–Kier alpha value is -1.06. The van der Waals surface area contributed by atoms with Gasteiger partial charge >= 0.3 is 6.36 Å². The Morgan fingerprint density at radius 1 is 1.04 bits per heavy atom. The second-order valence-corrected chi connectivity index (χ2v) is 6.66.